The highest BCUT2D eigenvalue weighted by atomic mass is 35.5. The molecule has 5 heteroatoms. The van der Waals surface area contributed by atoms with E-state index in [1.165, 1.54) is 25.7 Å². The molecule has 2 N–H and O–H groups in total. The first-order valence-corrected chi connectivity index (χ1v) is 12.2. The highest BCUT2D eigenvalue weighted by molar-refractivity contribution is 6.30. The van der Waals surface area contributed by atoms with Crippen molar-refractivity contribution in [2.45, 2.75) is 65.3 Å². The van der Waals surface area contributed by atoms with Gasteiger partial charge in [-0.15, -0.1) is 0 Å². The van der Waals surface area contributed by atoms with Gasteiger partial charge in [0.25, 0.3) is 5.91 Å². The molecule has 2 unspecified atom stereocenters. The number of piperidine rings is 1. The van der Waals surface area contributed by atoms with Crippen LogP contribution in [0.5, 0.6) is 0 Å². The predicted octanol–water partition coefficient (Wildman–Crippen LogP) is 7.55. The van der Waals surface area contributed by atoms with Crippen LogP contribution in [0.4, 0.5) is 11.4 Å². The Morgan fingerprint density at radius 1 is 1.03 bits per heavy atom. The van der Waals surface area contributed by atoms with E-state index in [0.717, 1.165) is 36.3 Å². The smallest absolute Gasteiger partial charge is 0.254 e. The normalized spacial score (nSPS) is 22.1. The summed E-state index contributed by atoms with van der Waals surface area (Å²) in [6.45, 7) is 11.3. The SMILES string of the molecule is C=C(Nc1cccc(Cl)c1)Nc1cccc(C(=O)N2CCCC3(C)CCCCC23)c1.CC. The lowest BCUT2D eigenvalue weighted by Gasteiger charge is -2.51. The summed E-state index contributed by atoms with van der Waals surface area (Å²) in [4.78, 5) is 15.5. The number of hydrogen-bond donors (Lipinski definition) is 2. The average molecular weight is 454 g/mol. The summed E-state index contributed by atoms with van der Waals surface area (Å²) in [5.74, 6) is 0.768. The molecular formula is C27H36ClN3O. The van der Waals surface area contributed by atoms with Gasteiger partial charge in [0.15, 0.2) is 0 Å². The minimum atomic E-state index is 0.143. The van der Waals surface area contributed by atoms with E-state index >= 15 is 0 Å². The Kier molecular flexibility index (Phi) is 8.25. The van der Waals surface area contributed by atoms with Crippen molar-refractivity contribution in [3.8, 4) is 0 Å². The number of amides is 1. The largest absolute Gasteiger partial charge is 0.342 e. The van der Waals surface area contributed by atoms with Gasteiger partial charge in [-0.2, -0.15) is 0 Å². The van der Waals surface area contributed by atoms with E-state index < -0.39 is 0 Å². The second kappa shape index (κ2) is 10.9. The molecule has 2 aromatic rings. The predicted molar refractivity (Wildman–Crippen MR) is 136 cm³/mol. The highest BCUT2D eigenvalue weighted by Crippen LogP contribution is 2.45. The fraction of sp³-hybridized carbons (Fsp3) is 0.444. The van der Waals surface area contributed by atoms with Gasteiger partial charge in [0.05, 0.1) is 0 Å². The summed E-state index contributed by atoms with van der Waals surface area (Å²) in [7, 11) is 0. The number of likely N-dealkylation sites (tertiary alicyclic amines) is 1. The van der Waals surface area contributed by atoms with Crippen molar-refractivity contribution in [1.29, 1.82) is 0 Å². The van der Waals surface area contributed by atoms with Crippen LogP contribution in [0, 0.1) is 5.41 Å². The van der Waals surface area contributed by atoms with Crippen molar-refractivity contribution in [3.05, 3.63) is 71.5 Å². The number of carbonyl (C=O) groups excluding carboxylic acids is 1. The van der Waals surface area contributed by atoms with Gasteiger partial charge in [0.1, 0.15) is 5.82 Å². The average Bonchev–Trinajstić information content (AvgIpc) is 2.79. The third kappa shape index (κ3) is 5.66. The van der Waals surface area contributed by atoms with E-state index in [4.69, 9.17) is 11.6 Å². The maximum Gasteiger partial charge on any atom is 0.254 e. The molecule has 0 aromatic heterocycles. The standard InChI is InChI=1S/C25H30ClN3O.C2H6/c1-18(28-22-11-6-9-20(26)17-22)27-21-10-5-8-19(16-21)24(30)29-15-7-14-25(2)13-4-3-12-23(25)29;1-2/h5-6,8-11,16-17,23,27-28H,1,3-4,7,12-15H2,2H3;1-2H3. The van der Waals surface area contributed by atoms with Crippen molar-refractivity contribution in [3.63, 3.8) is 0 Å². The molecule has 1 saturated heterocycles. The molecule has 2 aliphatic rings. The zero-order valence-electron chi connectivity index (χ0n) is 19.6. The minimum Gasteiger partial charge on any atom is -0.342 e. The van der Waals surface area contributed by atoms with Gasteiger partial charge >= 0.3 is 0 Å². The zero-order chi connectivity index (χ0) is 23.1. The van der Waals surface area contributed by atoms with Crippen LogP contribution in [0.1, 0.15) is 69.7 Å². The number of nitrogens with zero attached hydrogens (tertiary/aromatic N) is 1. The van der Waals surface area contributed by atoms with Gasteiger partial charge < -0.3 is 15.5 Å². The van der Waals surface area contributed by atoms with Crippen LogP contribution in [-0.2, 0) is 0 Å². The Morgan fingerprint density at radius 3 is 2.41 bits per heavy atom. The van der Waals surface area contributed by atoms with Crippen LogP contribution in [0.2, 0.25) is 5.02 Å². The Hall–Kier alpha value is -2.46. The monoisotopic (exact) mass is 453 g/mol. The van der Waals surface area contributed by atoms with Crippen LogP contribution in [-0.4, -0.2) is 23.4 Å². The van der Waals surface area contributed by atoms with E-state index in [9.17, 15) is 4.79 Å². The lowest BCUT2D eigenvalue weighted by atomic mass is 9.66. The third-order valence-electron chi connectivity index (χ3n) is 6.59. The van der Waals surface area contributed by atoms with Crippen molar-refractivity contribution in [1.82, 2.24) is 4.90 Å². The molecule has 0 spiro atoms. The molecule has 0 radical (unpaired) electrons. The van der Waals surface area contributed by atoms with Crippen molar-refractivity contribution >= 4 is 28.9 Å². The first kappa shape index (κ1) is 24.2. The molecule has 1 aliphatic carbocycles. The zero-order valence-corrected chi connectivity index (χ0v) is 20.3. The molecule has 1 aliphatic heterocycles. The van der Waals surface area contributed by atoms with Crippen molar-refractivity contribution in [2.75, 3.05) is 17.2 Å². The van der Waals surface area contributed by atoms with Crippen LogP contribution in [0.3, 0.4) is 0 Å². The summed E-state index contributed by atoms with van der Waals surface area (Å²) < 4.78 is 0. The summed E-state index contributed by atoms with van der Waals surface area (Å²) >= 11 is 6.04. The highest BCUT2D eigenvalue weighted by Gasteiger charge is 2.44. The molecule has 4 nitrogen and oxygen atoms in total. The Labute approximate surface area is 198 Å². The van der Waals surface area contributed by atoms with Gasteiger partial charge in [0.2, 0.25) is 0 Å². The molecule has 2 atom stereocenters. The van der Waals surface area contributed by atoms with Crippen molar-refractivity contribution < 1.29 is 4.79 Å². The Balaban J connectivity index is 0.00000141. The number of nitrogens with one attached hydrogen (secondary N) is 2. The second-order valence-electron chi connectivity index (χ2n) is 8.84. The number of halogens is 1. The molecule has 1 amide bonds. The minimum absolute atomic E-state index is 0.143. The molecule has 172 valence electrons. The molecule has 4 rings (SSSR count). The van der Waals surface area contributed by atoms with Gasteiger partial charge in [-0.25, -0.2) is 0 Å². The quantitative estimate of drug-likeness (QED) is 0.491. The number of rotatable bonds is 5. The number of fused-ring (bicyclic) bond motifs is 1. The maximum atomic E-state index is 13.4. The van der Waals surface area contributed by atoms with Crippen LogP contribution in [0.25, 0.3) is 0 Å². The molecule has 32 heavy (non-hydrogen) atoms. The fourth-order valence-corrected chi connectivity index (χ4v) is 5.29. The molecule has 1 saturated carbocycles. The third-order valence-corrected chi connectivity index (χ3v) is 6.82. The summed E-state index contributed by atoms with van der Waals surface area (Å²) in [6, 6.07) is 15.5. The van der Waals surface area contributed by atoms with Gasteiger partial charge in [-0.05, 0) is 67.5 Å². The molecule has 1 heterocycles. The molecule has 0 bridgehead atoms. The molecule has 2 aromatic carbocycles. The molecular weight excluding hydrogens is 418 g/mol. The lowest BCUT2D eigenvalue weighted by Crippen LogP contribution is -2.54. The van der Waals surface area contributed by atoms with E-state index in [2.05, 4.69) is 29.0 Å². The number of hydrogen-bond acceptors (Lipinski definition) is 3. The topological polar surface area (TPSA) is 44.4 Å². The molecule has 2 fully saturated rings. The van der Waals surface area contributed by atoms with Gasteiger partial charge in [-0.1, -0.05) is 63.9 Å². The number of carbonyl (C=O) groups is 1. The van der Waals surface area contributed by atoms with E-state index in [1.54, 1.807) is 0 Å². The number of anilines is 2. The Bertz CT molecular complexity index is 940. The van der Waals surface area contributed by atoms with E-state index in [1.807, 2.05) is 62.4 Å². The van der Waals surface area contributed by atoms with E-state index in [-0.39, 0.29) is 11.3 Å². The van der Waals surface area contributed by atoms with Crippen LogP contribution in [0.15, 0.2) is 60.9 Å². The maximum absolute atomic E-state index is 13.4. The van der Waals surface area contributed by atoms with E-state index in [0.29, 0.717) is 16.9 Å². The van der Waals surface area contributed by atoms with Gasteiger partial charge in [-0.3, -0.25) is 4.79 Å². The van der Waals surface area contributed by atoms with Crippen LogP contribution >= 0.6 is 11.6 Å². The summed E-state index contributed by atoms with van der Waals surface area (Å²) in [6.07, 6.45) is 7.20. The van der Waals surface area contributed by atoms with Gasteiger partial charge in [0, 0.05) is 34.5 Å². The first-order valence-electron chi connectivity index (χ1n) is 11.8. The van der Waals surface area contributed by atoms with Crippen molar-refractivity contribution in [2.24, 2.45) is 5.41 Å². The summed E-state index contributed by atoms with van der Waals surface area (Å²) in [5.41, 5.74) is 2.70. The second-order valence-corrected chi connectivity index (χ2v) is 9.27. The Morgan fingerprint density at radius 2 is 1.69 bits per heavy atom. The van der Waals surface area contributed by atoms with Crippen LogP contribution < -0.4 is 10.6 Å². The summed E-state index contributed by atoms with van der Waals surface area (Å²) in [5, 5.41) is 7.12. The number of benzene rings is 2. The lowest BCUT2D eigenvalue weighted by molar-refractivity contribution is -0.000447. The fourth-order valence-electron chi connectivity index (χ4n) is 5.10. The first-order chi connectivity index (χ1) is 15.4.